The maximum Gasteiger partial charge on any atom is 0.326 e. The predicted molar refractivity (Wildman–Crippen MR) is 83.3 cm³/mol. The average Bonchev–Trinajstić information content (AvgIpc) is 2.32. The number of hydrogen-bond acceptors (Lipinski definition) is 4. The lowest BCUT2D eigenvalue weighted by molar-refractivity contribution is -0.139. The zero-order valence-electron chi connectivity index (χ0n) is 13.0. The summed E-state index contributed by atoms with van der Waals surface area (Å²) in [6, 6.07) is -1.27. The summed E-state index contributed by atoms with van der Waals surface area (Å²) in [6.45, 7) is 4.77. The number of hydrogen-bond donors (Lipinski definition) is 3. The molecule has 118 valence electrons. The van der Waals surface area contributed by atoms with Crippen LogP contribution in [0.4, 0.5) is 4.79 Å². The van der Waals surface area contributed by atoms with Gasteiger partial charge < -0.3 is 20.6 Å². The molecule has 20 heavy (non-hydrogen) atoms. The van der Waals surface area contributed by atoms with Crippen LogP contribution in [0.1, 0.15) is 20.3 Å². The lowest BCUT2D eigenvalue weighted by Gasteiger charge is -2.26. The van der Waals surface area contributed by atoms with Gasteiger partial charge in [-0.25, -0.2) is 9.59 Å². The van der Waals surface area contributed by atoms with Gasteiger partial charge in [-0.2, -0.15) is 11.8 Å². The zero-order valence-corrected chi connectivity index (χ0v) is 13.8. The maximum atomic E-state index is 11.9. The van der Waals surface area contributed by atoms with Crippen LogP contribution in [0.25, 0.3) is 0 Å². The molecule has 6 nitrogen and oxygen atoms in total. The van der Waals surface area contributed by atoms with Crippen LogP contribution in [0.3, 0.4) is 0 Å². The number of thioether (sulfide) groups is 1. The monoisotopic (exact) mass is 305 g/mol. The molecule has 0 aliphatic carbocycles. The summed E-state index contributed by atoms with van der Waals surface area (Å²) in [6.07, 6.45) is 2.33. The Labute approximate surface area is 125 Å². The number of aliphatic carboxylic acids is 1. The number of carbonyl (C=O) groups is 2. The first-order chi connectivity index (χ1) is 9.27. The van der Waals surface area contributed by atoms with Crippen LogP contribution in [-0.4, -0.2) is 66.7 Å². The van der Waals surface area contributed by atoms with Gasteiger partial charge in [0.1, 0.15) is 6.04 Å². The number of urea groups is 1. The molecule has 0 saturated carbocycles. The third kappa shape index (κ3) is 8.27. The minimum Gasteiger partial charge on any atom is -0.480 e. The molecule has 0 aliphatic rings. The van der Waals surface area contributed by atoms with Crippen LogP contribution in [0.5, 0.6) is 0 Å². The molecule has 0 aliphatic heterocycles. The molecule has 0 spiro atoms. The van der Waals surface area contributed by atoms with Crippen molar-refractivity contribution in [3.8, 4) is 0 Å². The topological polar surface area (TPSA) is 81.7 Å². The van der Waals surface area contributed by atoms with Crippen molar-refractivity contribution in [1.29, 1.82) is 0 Å². The van der Waals surface area contributed by atoms with E-state index in [1.807, 2.05) is 39.1 Å². The number of carboxylic acids is 1. The molecule has 2 amide bonds. The molecule has 0 aromatic heterocycles. The Morgan fingerprint density at radius 2 is 1.85 bits per heavy atom. The number of rotatable bonds is 9. The molecule has 2 atom stereocenters. The van der Waals surface area contributed by atoms with Crippen LogP contribution in [-0.2, 0) is 4.79 Å². The highest BCUT2D eigenvalue weighted by molar-refractivity contribution is 7.98. The Morgan fingerprint density at radius 1 is 1.25 bits per heavy atom. The van der Waals surface area contributed by atoms with Crippen LogP contribution >= 0.6 is 11.8 Å². The molecule has 0 rings (SSSR count). The van der Waals surface area contributed by atoms with Crippen molar-refractivity contribution in [3.63, 3.8) is 0 Å². The van der Waals surface area contributed by atoms with Crippen molar-refractivity contribution >= 4 is 23.8 Å². The first-order valence-corrected chi connectivity index (χ1v) is 8.10. The van der Waals surface area contributed by atoms with E-state index in [2.05, 4.69) is 10.6 Å². The highest BCUT2D eigenvalue weighted by Gasteiger charge is 2.22. The Kier molecular flexibility index (Phi) is 9.41. The molecule has 0 aromatic rings. The summed E-state index contributed by atoms with van der Waals surface area (Å²) in [5, 5.41) is 14.5. The Morgan fingerprint density at radius 3 is 2.25 bits per heavy atom. The van der Waals surface area contributed by atoms with E-state index in [1.165, 1.54) is 0 Å². The first kappa shape index (κ1) is 19.1. The number of carboxylic acid groups (broad SMARTS) is 1. The van der Waals surface area contributed by atoms with Crippen molar-refractivity contribution in [2.45, 2.75) is 32.4 Å². The van der Waals surface area contributed by atoms with E-state index < -0.39 is 18.0 Å². The molecule has 0 radical (unpaired) electrons. The summed E-state index contributed by atoms with van der Waals surface area (Å²) in [4.78, 5) is 25.0. The van der Waals surface area contributed by atoms with E-state index in [9.17, 15) is 9.59 Å². The smallest absolute Gasteiger partial charge is 0.326 e. The molecule has 0 fully saturated rings. The van der Waals surface area contributed by atoms with Gasteiger partial charge in [-0.15, -0.1) is 0 Å². The maximum absolute atomic E-state index is 11.9. The highest BCUT2D eigenvalue weighted by atomic mass is 32.2. The predicted octanol–water partition coefficient (Wildman–Crippen LogP) is 1.08. The third-order valence-corrected chi connectivity index (χ3v) is 3.54. The second-order valence-corrected chi connectivity index (χ2v) is 6.39. The quantitative estimate of drug-likeness (QED) is 0.594. The largest absolute Gasteiger partial charge is 0.480 e. The van der Waals surface area contributed by atoms with Crippen LogP contribution in [0, 0.1) is 5.92 Å². The number of nitrogens with zero attached hydrogens (tertiary/aromatic N) is 1. The van der Waals surface area contributed by atoms with Gasteiger partial charge in [-0.3, -0.25) is 0 Å². The van der Waals surface area contributed by atoms with E-state index in [4.69, 9.17) is 5.11 Å². The molecule has 0 saturated heterocycles. The second-order valence-electron chi connectivity index (χ2n) is 5.40. The standard InChI is InChI=1S/C13H27N3O3S/c1-9(2)11(8-16(3)4)15-13(19)14-10(12(17)18)6-7-20-5/h9-11H,6-8H2,1-5H3,(H,17,18)(H2,14,15,19)/t10-,11?/m1/s1. The van der Waals surface area contributed by atoms with Gasteiger partial charge in [-0.05, 0) is 38.4 Å². The van der Waals surface area contributed by atoms with E-state index in [0.29, 0.717) is 18.7 Å². The van der Waals surface area contributed by atoms with Crippen molar-refractivity contribution in [3.05, 3.63) is 0 Å². The molecule has 0 aromatic carbocycles. The summed E-state index contributed by atoms with van der Waals surface area (Å²) in [5.74, 6) is -0.0248. The minimum atomic E-state index is -0.997. The van der Waals surface area contributed by atoms with Crippen LogP contribution < -0.4 is 10.6 Å². The van der Waals surface area contributed by atoms with Gasteiger partial charge in [0, 0.05) is 12.6 Å². The zero-order chi connectivity index (χ0) is 15.7. The third-order valence-electron chi connectivity index (χ3n) is 2.90. The van der Waals surface area contributed by atoms with E-state index >= 15 is 0 Å². The van der Waals surface area contributed by atoms with Crippen LogP contribution in [0.15, 0.2) is 0 Å². The fraction of sp³-hybridized carbons (Fsp3) is 0.846. The number of nitrogens with one attached hydrogen (secondary N) is 2. The van der Waals surface area contributed by atoms with Crippen molar-refractivity contribution in [2.75, 3.05) is 32.6 Å². The molecular formula is C13H27N3O3S. The molecule has 0 heterocycles. The lowest BCUT2D eigenvalue weighted by Crippen LogP contribution is -2.52. The van der Waals surface area contributed by atoms with Gasteiger partial charge in [-0.1, -0.05) is 13.8 Å². The number of likely N-dealkylation sites (N-methyl/N-ethyl adjacent to an activating group) is 1. The summed E-state index contributed by atoms with van der Waals surface area (Å²) in [5.41, 5.74) is 0. The van der Waals surface area contributed by atoms with Crippen LogP contribution in [0.2, 0.25) is 0 Å². The fourth-order valence-corrected chi connectivity index (χ4v) is 2.15. The SMILES string of the molecule is CSCC[C@@H](NC(=O)NC(CN(C)C)C(C)C)C(=O)O. The van der Waals surface area contributed by atoms with Gasteiger partial charge >= 0.3 is 12.0 Å². The highest BCUT2D eigenvalue weighted by Crippen LogP contribution is 2.04. The van der Waals surface area contributed by atoms with Gasteiger partial charge in [0.15, 0.2) is 0 Å². The molecule has 7 heteroatoms. The number of amides is 2. The summed E-state index contributed by atoms with van der Waals surface area (Å²) in [7, 11) is 3.88. The Balaban J connectivity index is 4.44. The van der Waals surface area contributed by atoms with E-state index in [-0.39, 0.29) is 12.0 Å². The normalized spacial score (nSPS) is 14.2. The fourth-order valence-electron chi connectivity index (χ4n) is 1.68. The first-order valence-electron chi connectivity index (χ1n) is 6.71. The Bertz CT molecular complexity index is 311. The van der Waals surface area contributed by atoms with Gasteiger partial charge in [0.25, 0.3) is 0 Å². The van der Waals surface area contributed by atoms with Crippen molar-refractivity contribution < 1.29 is 14.7 Å². The average molecular weight is 305 g/mol. The number of carbonyl (C=O) groups excluding carboxylic acids is 1. The minimum absolute atomic E-state index is 0.0139. The summed E-state index contributed by atoms with van der Waals surface area (Å²) < 4.78 is 0. The van der Waals surface area contributed by atoms with Gasteiger partial charge in [0.2, 0.25) is 0 Å². The van der Waals surface area contributed by atoms with E-state index in [1.54, 1.807) is 11.8 Å². The molecular weight excluding hydrogens is 278 g/mol. The lowest BCUT2D eigenvalue weighted by atomic mass is 10.0. The Hall–Kier alpha value is -0.950. The van der Waals surface area contributed by atoms with Crippen molar-refractivity contribution in [2.24, 2.45) is 5.92 Å². The molecule has 1 unspecified atom stereocenters. The van der Waals surface area contributed by atoms with Crippen molar-refractivity contribution in [1.82, 2.24) is 15.5 Å². The molecule has 0 bridgehead atoms. The summed E-state index contributed by atoms with van der Waals surface area (Å²) >= 11 is 1.56. The van der Waals surface area contributed by atoms with E-state index in [0.717, 1.165) is 0 Å². The molecule has 3 N–H and O–H groups in total. The van der Waals surface area contributed by atoms with Gasteiger partial charge in [0.05, 0.1) is 0 Å². The second kappa shape index (κ2) is 9.88.